The Morgan fingerprint density at radius 1 is 1.56 bits per heavy atom. The largest absolute Gasteiger partial charge is 0.377 e. The fourth-order valence-electron chi connectivity index (χ4n) is 2.24. The van der Waals surface area contributed by atoms with Crippen LogP contribution in [0.5, 0.6) is 0 Å². The standard InChI is InChI=1S/C14H21BrN2O/c1-10-4-5-11(7-13(10)15)14(8-16)17-9-12-3-2-6-18-12/h4-5,7,12,14,17H,2-3,6,8-9,16H2,1H3. The molecule has 18 heavy (non-hydrogen) atoms. The molecule has 2 unspecified atom stereocenters. The molecule has 0 amide bonds. The lowest BCUT2D eigenvalue weighted by Gasteiger charge is -2.20. The minimum absolute atomic E-state index is 0.200. The summed E-state index contributed by atoms with van der Waals surface area (Å²) in [5, 5.41) is 3.50. The Labute approximate surface area is 117 Å². The number of hydrogen-bond donors (Lipinski definition) is 2. The fraction of sp³-hybridized carbons (Fsp3) is 0.571. The highest BCUT2D eigenvalue weighted by Crippen LogP contribution is 2.22. The smallest absolute Gasteiger partial charge is 0.0700 e. The Balaban J connectivity index is 1.96. The van der Waals surface area contributed by atoms with Crippen molar-refractivity contribution in [3.8, 4) is 0 Å². The fourth-order valence-corrected chi connectivity index (χ4v) is 2.64. The first kappa shape index (κ1) is 14.0. The number of nitrogens with one attached hydrogen (secondary N) is 1. The number of hydrogen-bond acceptors (Lipinski definition) is 3. The maximum absolute atomic E-state index is 5.86. The average Bonchev–Trinajstić information content (AvgIpc) is 2.87. The number of halogens is 1. The van der Waals surface area contributed by atoms with E-state index in [4.69, 9.17) is 10.5 Å². The molecule has 100 valence electrons. The van der Waals surface area contributed by atoms with Crippen molar-refractivity contribution in [3.05, 3.63) is 33.8 Å². The quantitative estimate of drug-likeness (QED) is 0.878. The maximum Gasteiger partial charge on any atom is 0.0700 e. The van der Waals surface area contributed by atoms with Crippen LogP contribution in [0.2, 0.25) is 0 Å². The molecule has 0 radical (unpaired) electrons. The van der Waals surface area contributed by atoms with Crippen molar-refractivity contribution in [1.82, 2.24) is 5.32 Å². The number of rotatable bonds is 5. The van der Waals surface area contributed by atoms with Gasteiger partial charge in [0.1, 0.15) is 0 Å². The second-order valence-electron chi connectivity index (χ2n) is 4.84. The number of benzene rings is 1. The zero-order valence-corrected chi connectivity index (χ0v) is 12.4. The van der Waals surface area contributed by atoms with Crippen molar-refractivity contribution in [2.45, 2.75) is 31.9 Å². The summed E-state index contributed by atoms with van der Waals surface area (Å²) in [7, 11) is 0. The van der Waals surface area contributed by atoms with Crippen LogP contribution in [0.25, 0.3) is 0 Å². The van der Waals surface area contributed by atoms with Gasteiger partial charge in [0.25, 0.3) is 0 Å². The monoisotopic (exact) mass is 312 g/mol. The van der Waals surface area contributed by atoms with Crippen molar-refractivity contribution >= 4 is 15.9 Å². The Kier molecular flexibility index (Phi) is 5.18. The van der Waals surface area contributed by atoms with Crippen LogP contribution >= 0.6 is 15.9 Å². The summed E-state index contributed by atoms with van der Waals surface area (Å²) in [6.45, 7) is 4.47. The predicted molar refractivity (Wildman–Crippen MR) is 77.7 cm³/mol. The molecule has 3 nitrogen and oxygen atoms in total. The molecule has 2 atom stereocenters. The summed E-state index contributed by atoms with van der Waals surface area (Å²) < 4.78 is 6.75. The third-order valence-electron chi connectivity index (χ3n) is 3.45. The molecule has 1 aliphatic heterocycles. The zero-order chi connectivity index (χ0) is 13.0. The highest BCUT2D eigenvalue weighted by atomic mass is 79.9. The van der Waals surface area contributed by atoms with E-state index in [0.717, 1.165) is 24.0 Å². The molecule has 4 heteroatoms. The van der Waals surface area contributed by atoms with E-state index in [1.165, 1.54) is 17.5 Å². The van der Waals surface area contributed by atoms with Gasteiger partial charge in [0.05, 0.1) is 6.10 Å². The van der Waals surface area contributed by atoms with E-state index in [0.29, 0.717) is 12.6 Å². The van der Waals surface area contributed by atoms with Crippen LogP contribution in [0.3, 0.4) is 0 Å². The highest BCUT2D eigenvalue weighted by Gasteiger charge is 2.17. The summed E-state index contributed by atoms with van der Waals surface area (Å²) in [5.41, 5.74) is 8.33. The molecule has 3 N–H and O–H groups in total. The minimum atomic E-state index is 0.200. The van der Waals surface area contributed by atoms with Gasteiger partial charge < -0.3 is 15.8 Å². The molecule has 0 aromatic heterocycles. The normalized spacial score (nSPS) is 21.2. The van der Waals surface area contributed by atoms with Crippen LogP contribution in [0.4, 0.5) is 0 Å². The zero-order valence-electron chi connectivity index (χ0n) is 10.8. The first-order valence-electron chi connectivity index (χ1n) is 6.52. The molecule has 1 saturated heterocycles. The summed E-state index contributed by atoms with van der Waals surface area (Å²) in [6.07, 6.45) is 2.69. The lowest BCUT2D eigenvalue weighted by atomic mass is 10.0. The van der Waals surface area contributed by atoms with E-state index in [-0.39, 0.29) is 6.04 Å². The molecule has 0 aliphatic carbocycles. The Hall–Kier alpha value is -0.420. The van der Waals surface area contributed by atoms with Gasteiger partial charge in [0.2, 0.25) is 0 Å². The van der Waals surface area contributed by atoms with Gasteiger partial charge in [-0.1, -0.05) is 28.1 Å². The van der Waals surface area contributed by atoms with E-state index in [9.17, 15) is 0 Å². The third-order valence-corrected chi connectivity index (χ3v) is 4.30. The van der Waals surface area contributed by atoms with E-state index in [2.05, 4.69) is 46.4 Å². The predicted octanol–water partition coefficient (Wildman–Crippen LogP) is 2.53. The van der Waals surface area contributed by atoms with Gasteiger partial charge in [0, 0.05) is 30.2 Å². The molecular formula is C14H21BrN2O. The number of ether oxygens (including phenoxy) is 1. The average molecular weight is 313 g/mol. The summed E-state index contributed by atoms with van der Waals surface area (Å²) in [4.78, 5) is 0. The second kappa shape index (κ2) is 6.66. The summed E-state index contributed by atoms with van der Waals surface area (Å²) in [6, 6.07) is 6.61. The van der Waals surface area contributed by atoms with Gasteiger partial charge in [-0.25, -0.2) is 0 Å². The van der Waals surface area contributed by atoms with Crippen LogP contribution in [-0.4, -0.2) is 25.8 Å². The van der Waals surface area contributed by atoms with Crippen LogP contribution in [0, 0.1) is 6.92 Å². The Bertz CT molecular complexity index is 391. The molecule has 1 aromatic rings. The van der Waals surface area contributed by atoms with Crippen LogP contribution in [-0.2, 0) is 4.74 Å². The van der Waals surface area contributed by atoms with Crippen LogP contribution in [0.1, 0.15) is 30.0 Å². The molecule has 1 aromatic carbocycles. The highest BCUT2D eigenvalue weighted by molar-refractivity contribution is 9.10. The molecule has 0 spiro atoms. The van der Waals surface area contributed by atoms with Crippen molar-refractivity contribution in [2.75, 3.05) is 19.7 Å². The first-order chi connectivity index (χ1) is 8.70. The van der Waals surface area contributed by atoms with Gasteiger partial charge in [-0.15, -0.1) is 0 Å². The molecular weight excluding hydrogens is 292 g/mol. The van der Waals surface area contributed by atoms with E-state index < -0.39 is 0 Å². The van der Waals surface area contributed by atoms with Gasteiger partial charge in [-0.3, -0.25) is 0 Å². The molecule has 1 aliphatic rings. The second-order valence-corrected chi connectivity index (χ2v) is 5.69. The topological polar surface area (TPSA) is 47.3 Å². The Morgan fingerprint density at radius 3 is 3.00 bits per heavy atom. The minimum Gasteiger partial charge on any atom is -0.377 e. The number of nitrogens with two attached hydrogens (primary N) is 1. The molecule has 2 rings (SSSR count). The Morgan fingerprint density at radius 2 is 2.39 bits per heavy atom. The summed E-state index contributed by atoms with van der Waals surface area (Å²) >= 11 is 3.57. The van der Waals surface area contributed by atoms with E-state index in [1.807, 2.05) is 0 Å². The van der Waals surface area contributed by atoms with Gasteiger partial charge in [-0.2, -0.15) is 0 Å². The van der Waals surface area contributed by atoms with Crippen LogP contribution < -0.4 is 11.1 Å². The first-order valence-corrected chi connectivity index (χ1v) is 7.31. The third kappa shape index (κ3) is 3.54. The van der Waals surface area contributed by atoms with Gasteiger partial charge in [-0.05, 0) is 37.0 Å². The van der Waals surface area contributed by atoms with Gasteiger partial charge >= 0.3 is 0 Å². The van der Waals surface area contributed by atoms with Crippen molar-refractivity contribution in [1.29, 1.82) is 0 Å². The van der Waals surface area contributed by atoms with E-state index >= 15 is 0 Å². The number of aryl methyl sites for hydroxylation is 1. The summed E-state index contributed by atoms with van der Waals surface area (Å²) in [5.74, 6) is 0. The van der Waals surface area contributed by atoms with Crippen molar-refractivity contribution in [2.24, 2.45) is 5.73 Å². The lowest BCUT2D eigenvalue weighted by molar-refractivity contribution is 0.107. The molecule has 0 bridgehead atoms. The van der Waals surface area contributed by atoms with Gasteiger partial charge in [0.15, 0.2) is 0 Å². The maximum atomic E-state index is 5.86. The molecule has 1 heterocycles. The molecule has 1 fully saturated rings. The SMILES string of the molecule is Cc1ccc(C(CN)NCC2CCCO2)cc1Br. The van der Waals surface area contributed by atoms with E-state index in [1.54, 1.807) is 0 Å². The van der Waals surface area contributed by atoms with Crippen molar-refractivity contribution in [3.63, 3.8) is 0 Å². The van der Waals surface area contributed by atoms with Crippen LogP contribution in [0.15, 0.2) is 22.7 Å². The molecule has 0 saturated carbocycles. The van der Waals surface area contributed by atoms with Crippen molar-refractivity contribution < 1.29 is 4.74 Å². The lowest BCUT2D eigenvalue weighted by Crippen LogP contribution is -2.34.